The van der Waals surface area contributed by atoms with Crippen molar-refractivity contribution in [1.82, 2.24) is 14.7 Å². The second-order valence-electron chi connectivity index (χ2n) is 8.14. The van der Waals surface area contributed by atoms with E-state index in [1.165, 1.54) is 6.08 Å². The van der Waals surface area contributed by atoms with E-state index in [1.54, 1.807) is 6.20 Å². The number of aromatic nitrogens is 2. The highest BCUT2D eigenvalue weighted by atomic mass is 16.5. The minimum Gasteiger partial charge on any atom is -0.457 e. The SMILES string of the molecule is C=CC(=O)N1CCCC(n2cc(C(N)=O)c(-c3ccc(Oc4ccccc4)cc3)n2)CCC1. The zero-order valence-corrected chi connectivity index (χ0v) is 18.5. The minimum atomic E-state index is -0.505. The van der Waals surface area contributed by atoms with Gasteiger partial charge >= 0.3 is 0 Å². The van der Waals surface area contributed by atoms with Crippen LogP contribution in [-0.2, 0) is 4.79 Å². The highest BCUT2D eigenvalue weighted by Gasteiger charge is 2.22. The van der Waals surface area contributed by atoms with Gasteiger partial charge in [-0.2, -0.15) is 5.10 Å². The van der Waals surface area contributed by atoms with Crippen molar-refractivity contribution < 1.29 is 14.3 Å². The Labute approximate surface area is 193 Å². The molecule has 3 aromatic rings. The third-order valence-corrected chi connectivity index (χ3v) is 5.90. The quantitative estimate of drug-likeness (QED) is 0.564. The van der Waals surface area contributed by atoms with Gasteiger partial charge in [-0.3, -0.25) is 14.3 Å². The maximum absolute atomic E-state index is 12.2. The lowest BCUT2D eigenvalue weighted by molar-refractivity contribution is -0.126. The zero-order valence-electron chi connectivity index (χ0n) is 18.5. The molecule has 0 radical (unpaired) electrons. The van der Waals surface area contributed by atoms with Crippen LogP contribution in [0.3, 0.4) is 0 Å². The molecule has 1 aliphatic rings. The molecule has 33 heavy (non-hydrogen) atoms. The molecule has 170 valence electrons. The molecule has 1 aliphatic heterocycles. The van der Waals surface area contributed by atoms with Crippen molar-refractivity contribution in [2.45, 2.75) is 31.7 Å². The van der Waals surface area contributed by atoms with Crippen LogP contribution in [0.15, 0.2) is 73.4 Å². The third-order valence-electron chi connectivity index (χ3n) is 5.90. The first-order valence-electron chi connectivity index (χ1n) is 11.2. The summed E-state index contributed by atoms with van der Waals surface area (Å²) in [5, 5.41) is 4.76. The lowest BCUT2D eigenvalue weighted by atomic mass is 10.0. The van der Waals surface area contributed by atoms with E-state index < -0.39 is 5.91 Å². The number of carbonyl (C=O) groups is 2. The molecule has 4 rings (SSSR count). The normalized spacial score (nSPS) is 14.8. The summed E-state index contributed by atoms with van der Waals surface area (Å²) >= 11 is 0. The topological polar surface area (TPSA) is 90.5 Å². The van der Waals surface area contributed by atoms with Gasteiger partial charge in [0.2, 0.25) is 5.91 Å². The van der Waals surface area contributed by atoms with Crippen LogP contribution in [0, 0.1) is 0 Å². The molecule has 0 aliphatic carbocycles. The predicted molar refractivity (Wildman–Crippen MR) is 127 cm³/mol. The van der Waals surface area contributed by atoms with Crippen LogP contribution in [0.5, 0.6) is 11.5 Å². The van der Waals surface area contributed by atoms with Gasteiger partial charge in [-0.15, -0.1) is 0 Å². The molecule has 0 spiro atoms. The molecule has 1 fully saturated rings. The van der Waals surface area contributed by atoms with Gasteiger partial charge in [0.15, 0.2) is 0 Å². The highest BCUT2D eigenvalue weighted by molar-refractivity contribution is 5.98. The second-order valence-corrected chi connectivity index (χ2v) is 8.14. The van der Waals surface area contributed by atoms with Gasteiger partial charge in [0.05, 0.1) is 11.6 Å². The molecule has 2 heterocycles. The number of hydrogen-bond donors (Lipinski definition) is 1. The standard InChI is InChI=1S/C26H28N4O3/c1-2-24(31)29-16-6-8-20(9-7-17-29)30-18-23(26(27)32)25(28-30)19-12-14-22(15-13-19)33-21-10-4-3-5-11-21/h2-5,10-15,18,20H,1,6-9,16-17H2,(H2,27,32). The fourth-order valence-corrected chi connectivity index (χ4v) is 4.18. The van der Waals surface area contributed by atoms with Gasteiger partial charge in [0, 0.05) is 24.8 Å². The Hall–Kier alpha value is -3.87. The van der Waals surface area contributed by atoms with Crippen LogP contribution in [-0.4, -0.2) is 39.6 Å². The molecule has 0 saturated carbocycles. The lowest BCUT2D eigenvalue weighted by Gasteiger charge is -2.27. The molecular weight excluding hydrogens is 416 g/mol. The van der Waals surface area contributed by atoms with E-state index in [4.69, 9.17) is 15.6 Å². The largest absolute Gasteiger partial charge is 0.457 e. The number of likely N-dealkylation sites (tertiary alicyclic amines) is 1. The number of nitrogens with zero attached hydrogens (tertiary/aromatic N) is 3. The van der Waals surface area contributed by atoms with Crippen LogP contribution in [0.2, 0.25) is 0 Å². The fraction of sp³-hybridized carbons (Fsp3) is 0.269. The van der Waals surface area contributed by atoms with Crippen LogP contribution >= 0.6 is 0 Å². The zero-order chi connectivity index (χ0) is 23.2. The Morgan fingerprint density at radius 2 is 1.64 bits per heavy atom. The molecule has 0 unspecified atom stereocenters. The van der Waals surface area contributed by atoms with Crippen LogP contribution in [0.4, 0.5) is 0 Å². The van der Waals surface area contributed by atoms with E-state index in [9.17, 15) is 9.59 Å². The summed E-state index contributed by atoms with van der Waals surface area (Å²) in [5.74, 6) is 0.925. The average Bonchev–Trinajstić information content (AvgIpc) is 3.25. The summed E-state index contributed by atoms with van der Waals surface area (Å²) in [5.41, 5.74) is 7.45. The summed E-state index contributed by atoms with van der Waals surface area (Å²) in [7, 11) is 0. The molecule has 1 aromatic heterocycles. The minimum absolute atomic E-state index is 0.0227. The monoisotopic (exact) mass is 444 g/mol. The Kier molecular flexibility index (Phi) is 6.88. The van der Waals surface area contributed by atoms with Crippen LogP contribution < -0.4 is 10.5 Å². The lowest BCUT2D eigenvalue weighted by Crippen LogP contribution is -2.33. The maximum Gasteiger partial charge on any atom is 0.252 e. The Morgan fingerprint density at radius 1 is 1.00 bits per heavy atom. The van der Waals surface area contributed by atoms with Crippen LogP contribution in [0.25, 0.3) is 11.3 Å². The first-order valence-corrected chi connectivity index (χ1v) is 11.2. The van der Waals surface area contributed by atoms with Crippen molar-refractivity contribution in [3.63, 3.8) is 0 Å². The van der Waals surface area contributed by atoms with Crippen molar-refractivity contribution in [1.29, 1.82) is 0 Å². The Balaban J connectivity index is 1.51. The highest BCUT2D eigenvalue weighted by Crippen LogP contribution is 2.30. The van der Waals surface area contributed by atoms with E-state index in [2.05, 4.69) is 6.58 Å². The predicted octanol–water partition coefficient (Wildman–Crippen LogP) is 4.57. The fourth-order valence-electron chi connectivity index (χ4n) is 4.18. The smallest absolute Gasteiger partial charge is 0.252 e. The molecule has 2 N–H and O–H groups in total. The Bertz CT molecular complexity index is 1110. The number of hydrogen-bond acceptors (Lipinski definition) is 4. The van der Waals surface area contributed by atoms with E-state index in [0.29, 0.717) is 30.1 Å². The van der Waals surface area contributed by atoms with E-state index in [1.807, 2.05) is 64.2 Å². The number of rotatable bonds is 6. The molecule has 0 atom stereocenters. The second kappa shape index (κ2) is 10.2. The number of ether oxygens (including phenoxy) is 1. The number of amides is 2. The van der Waals surface area contributed by atoms with Gasteiger partial charge in [-0.05, 0) is 68.2 Å². The average molecular weight is 445 g/mol. The summed E-state index contributed by atoms with van der Waals surface area (Å²) in [6.07, 6.45) is 6.57. The van der Waals surface area contributed by atoms with Crippen molar-refractivity contribution in [2.75, 3.05) is 13.1 Å². The molecule has 0 bridgehead atoms. The molecular formula is C26H28N4O3. The molecule has 7 nitrogen and oxygen atoms in total. The summed E-state index contributed by atoms with van der Waals surface area (Å²) in [4.78, 5) is 25.9. The summed E-state index contributed by atoms with van der Waals surface area (Å²) < 4.78 is 7.73. The van der Waals surface area contributed by atoms with E-state index in [-0.39, 0.29) is 11.9 Å². The van der Waals surface area contributed by atoms with Crippen LogP contribution in [0.1, 0.15) is 42.1 Å². The first kappa shape index (κ1) is 22.3. The van der Waals surface area contributed by atoms with E-state index in [0.717, 1.165) is 37.0 Å². The van der Waals surface area contributed by atoms with Crippen molar-refractivity contribution in [2.24, 2.45) is 5.73 Å². The van der Waals surface area contributed by atoms with E-state index >= 15 is 0 Å². The van der Waals surface area contributed by atoms with Crippen molar-refractivity contribution >= 4 is 11.8 Å². The summed E-state index contributed by atoms with van der Waals surface area (Å²) in [6, 6.07) is 17.2. The van der Waals surface area contributed by atoms with Gasteiger partial charge in [0.1, 0.15) is 17.2 Å². The number of primary amides is 1. The molecule has 1 saturated heterocycles. The number of carbonyl (C=O) groups excluding carboxylic acids is 2. The van der Waals surface area contributed by atoms with Gasteiger partial charge < -0.3 is 15.4 Å². The molecule has 2 aromatic carbocycles. The van der Waals surface area contributed by atoms with Crippen molar-refractivity contribution in [3.8, 4) is 22.8 Å². The number of nitrogens with two attached hydrogens (primary N) is 1. The van der Waals surface area contributed by atoms with Gasteiger partial charge in [0.25, 0.3) is 5.91 Å². The number of para-hydroxylation sites is 1. The number of benzene rings is 2. The first-order chi connectivity index (χ1) is 16.0. The maximum atomic E-state index is 12.2. The Morgan fingerprint density at radius 3 is 2.24 bits per heavy atom. The van der Waals surface area contributed by atoms with Gasteiger partial charge in [-0.25, -0.2) is 0 Å². The van der Waals surface area contributed by atoms with Gasteiger partial charge in [-0.1, -0.05) is 24.8 Å². The molecule has 7 heteroatoms. The molecule has 2 amide bonds. The third kappa shape index (κ3) is 5.31. The van der Waals surface area contributed by atoms with Crippen molar-refractivity contribution in [3.05, 3.63) is 79.0 Å². The summed E-state index contributed by atoms with van der Waals surface area (Å²) in [6.45, 7) is 4.97.